The zero-order valence-electron chi connectivity index (χ0n) is 13.2. The summed E-state index contributed by atoms with van der Waals surface area (Å²) in [5, 5.41) is 15.8. The molecule has 0 radical (unpaired) electrons. The summed E-state index contributed by atoms with van der Waals surface area (Å²) in [6, 6.07) is 3.73. The highest BCUT2D eigenvalue weighted by molar-refractivity contribution is 7.17. The van der Waals surface area contributed by atoms with Gasteiger partial charge >= 0.3 is 6.18 Å². The quantitative estimate of drug-likeness (QED) is 0.831. The molecule has 0 saturated heterocycles. The van der Waals surface area contributed by atoms with Crippen LogP contribution in [0.2, 0.25) is 0 Å². The van der Waals surface area contributed by atoms with Crippen LogP contribution in [0, 0.1) is 0 Å². The zero-order chi connectivity index (χ0) is 17.9. The first-order valence-electron chi connectivity index (χ1n) is 7.39. The Bertz CT molecular complexity index is 709. The molecule has 0 aliphatic carbocycles. The maximum atomic E-state index is 12.8. The number of nitrogens with one attached hydrogen (secondary N) is 1. The number of alkyl halides is 3. The summed E-state index contributed by atoms with van der Waals surface area (Å²) in [6.07, 6.45) is -3.02. The van der Waals surface area contributed by atoms with Crippen LogP contribution in [0.5, 0.6) is 0 Å². The first-order valence-corrected chi connectivity index (χ1v) is 8.21. The molecule has 1 unspecified atom stereocenters. The Hall–Kier alpha value is -1.87. The van der Waals surface area contributed by atoms with E-state index >= 15 is 0 Å². The lowest BCUT2D eigenvalue weighted by molar-refractivity contribution is -0.143. The minimum absolute atomic E-state index is 0.160. The molecule has 0 bridgehead atoms. The average Bonchev–Trinajstić information content (AvgIpc) is 3.12. The SMILES string of the molecule is CCCC(CO)NC(=O)c1ccc(-c2cc(C(F)(F)F)n(C)n2)s1. The summed E-state index contributed by atoms with van der Waals surface area (Å²) in [7, 11) is 1.23. The van der Waals surface area contributed by atoms with Crippen LogP contribution in [0.15, 0.2) is 18.2 Å². The van der Waals surface area contributed by atoms with E-state index in [1.165, 1.54) is 13.1 Å². The average molecular weight is 361 g/mol. The summed E-state index contributed by atoms with van der Waals surface area (Å²) in [5.41, 5.74) is -0.679. The van der Waals surface area contributed by atoms with E-state index in [0.29, 0.717) is 16.2 Å². The molecule has 132 valence electrons. The fourth-order valence-electron chi connectivity index (χ4n) is 2.26. The molecule has 0 fully saturated rings. The highest BCUT2D eigenvalue weighted by atomic mass is 32.1. The van der Waals surface area contributed by atoms with E-state index in [9.17, 15) is 23.1 Å². The minimum Gasteiger partial charge on any atom is -0.394 e. The maximum Gasteiger partial charge on any atom is 0.433 e. The van der Waals surface area contributed by atoms with E-state index in [2.05, 4.69) is 10.4 Å². The third-order valence-corrected chi connectivity index (χ3v) is 4.55. The van der Waals surface area contributed by atoms with Gasteiger partial charge in [0, 0.05) is 7.05 Å². The fraction of sp³-hybridized carbons (Fsp3) is 0.467. The number of aryl methyl sites for hydroxylation is 1. The van der Waals surface area contributed by atoms with Crippen LogP contribution in [0.4, 0.5) is 13.2 Å². The summed E-state index contributed by atoms with van der Waals surface area (Å²) in [5.74, 6) is -0.356. The molecule has 1 amide bonds. The van der Waals surface area contributed by atoms with Crippen LogP contribution in [-0.4, -0.2) is 33.4 Å². The number of hydrogen-bond acceptors (Lipinski definition) is 4. The first kappa shape index (κ1) is 18.5. The Labute approximate surface area is 141 Å². The Morgan fingerprint density at radius 1 is 1.46 bits per heavy atom. The molecule has 0 aliphatic heterocycles. The highest BCUT2D eigenvalue weighted by Crippen LogP contribution is 2.34. The molecule has 2 N–H and O–H groups in total. The van der Waals surface area contributed by atoms with Crippen molar-refractivity contribution in [3.05, 3.63) is 28.8 Å². The Kier molecular flexibility index (Phi) is 5.66. The summed E-state index contributed by atoms with van der Waals surface area (Å²) in [6.45, 7) is 1.78. The van der Waals surface area contributed by atoms with Crippen molar-refractivity contribution in [3.63, 3.8) is 0 Å². The van der Waals surface area contributed by atoms with E-state index in [1.807, 2.05) is 6.92 Å². The van der Waals surface area contributed by atoms with Crippen LogP contribution in [0.1, 0.15) is 35.1 Å². The summed E-state index contributed by atoms with van der Waals surface area (Å²) >= 11 is 1.06. The molecule has 2 aromatic rings. The lowest BCUT2D eigenvalue weighted by atomic mass is 10.2. The predicted octanol–water partition coefficient (Wildman–Crippen LogP) is 3.06. The van der Waals surface area contributed by atoms with E-state index in [4.69, 9.17) is 0 Å². The van der Waals surface area contributed by atoms with Gasteiger partial charge in [-0.25, -0.2) is 0 Å². The second kappa shape index (κ2) is 7.35. The van der Waals surface area contributed by atoms with Crippen LogP contribution in [0.3, 0.4) is 0 Å². The van der Waals surface area contributed by atoms with Crippen molar-refractivity contribution in [1.82, 2.24) is 15.1 Å². The molecule has 0 saturated carbocycles. The highest BCUT2D eigenvalue weighted by Gasteiger charge is 2.35. The fourth-order valence-corrected chi connectivity index (χ4v) is 3.13. The number of rotatable bonds is 6. The van der Waals surface area contributed by atoms with E-state index < -0.39 is 11.9 Å². The molecule has 0 aromatic carbocycles. The smallest absolute Gasteiger partial charge is 0.394 e. The van der Waals surface area contributed by atoms with Gasteiger partial charge in [-0.1, -0.05) is 13.3 Å². The van der Waals surface area contributed by atoms with Gasteiger partial charge in [-0.05, 0) is 24.6 Å². The lowest BCUT2D eigenvalue weighted by Crippen LogP contribution is -2.36. The number of aliphatic hydroxyl groups is 1. The molecule has 5 nitrogen and oxygen atoms in total. The third kappa shape index (κ3) is 4.15. The van der Waals surface area contributed by atoms with Gasteiger partial charge in [0.2, 0.25) is 0 Å². The lowest BCUT2D eigenvalue weighted by Gasteiger charge is -2.14. The monoisotopic (exact) mass is 361 g/mol. The first-order chi connectivity index (χ1) is 11.3. The number of hydrogen-bond donors (Lipinski definition) is 2. The number of amides is 1. The van der Waals surface area contributed by atoms with Gasteiger partial charge in [0.15, 0.2) is 0 Å². The second-order valence-corrected chi connectivity index (χ2v) is 6.43. The number of carbonyl (C=O) groups is 1. The minimum atomic E-state index is -4.48. The van der Waals surface area contributed by atoms with Crippen LogP contribution < -0.4 is 5.32 Å². The zero-order valence-corrected chi connectivity index (χ0v) is 14.0. The second-order valence-electron chi connectivity index (χ2n) is 5.34. The molecule has 1 atom stereocenters. The summed E-state index contributed by atoms with van der Waals surface area (Å²) < 4.78 is 39.2. The number of aliphatic hydroxyl groups excluding tert-OH is 1. The molecular formula is C15H18F3N3O2S. The standard InChI is InChI=1S/C15H18F3N3O2S/c1-3-4-9(8-22)19-14(23)12-6-5-11(24-12)10-7-13(15(16,17)18)21(2)20-10/h5-7,9,22H,3-4,8H2,1-2H3,(H,19,23). The van der Waals surface area contributed by atoms with E-state index in [1.54, 1.807) is 6.07 Å². The number of aromatic nitrogens is 2. The van der Waals surface area contributed by atoms with Gasteiger partial charge in [0.25, 0.3) is 5.91 Å². The molecule has 9 heteroatoms. The molecule has 2 rings (SSSR count). The van der Waals surface area contributed by atoms with Crippen molar-refractivity contribution in [1.29, 1.82) is 0 Å². The molecule has 24 heavy (non-hydrogen) atoms. The van der Waals surface area contributed by atoms with Crippen LogP contribution in [-0.2, 0) is 13.2 Å². The Morgan fingerprint density at radius 2 is 2.17 bits per heavy atom. The van der Waals surface area contributed by atoms with Crippen molar-refractivity contribution in [3.8, 4) is 10.6 Å². The molecule has 0 aliphatic rings. The third-order valence-electron chi connectivity index (χ3n) is 3.45. The van der Waals surface area contributed by atoms with Crippen molar-refractivity contribution in [2.75, 3.05) is 6.61 Å². The number of halogens is 3. The van der Waals surface area contributed by atoms with Crippen molar-refractivity contribution < 1.29 is 23.1 Å². The van der Waals surface area contributed by atoms with Crippen molar-refractivity contribution >= 4 is 17.2 Å². The van der Waals surface area contributed by atoms with Crippen molar-refractivity contribution in [2.24, 2.45) is 7.05 Å². The number of nitrogens with zero attached hydrogens (tertiary/aromatic N) is 2. The Balaban J connectivity index is 2.17. The van der Waals surface area contributed by atoms with Gasteiger partial charge in [-0.2, -0.15) is 18.3 Å². The molecule has 0 spiro atoms. The van der Waals surface area contributed by atoms with Crippen LogP contribution in [0.25, 0.3) is 10.6 Å². The number of thiophene rings is 1. The molecular weight excluding hydrogens is 343 g/mol. The molecule has 2 aromatic heterocycles. The topological polar surface area (TPSA) is 67.2 Å². The van der Waals surface area contributed by atoms with Gasteiger partial charge < -0.3 is 10.4 Å². The van der Waals surface area contributed by atoms with Crippen molar-refractivity contribution in [2.45, 2.75) is 32.0 Å². The summed E-state index contributed by atoms with van der Waals surface area (Å²) in [4.78, 5) is 13.0. The predicted molar refractivity (Wildman–Crippen MR) is 84.8 cm³/mol. The van der Waals surface area contributed by atoms with Crippen LogP contribution >= 0.6 is 11.3 Å². The largest absolute Gasteiger partial charge is 0.433 e. The normalized spacial score (nSPS) is 13.1. The van der Waals surface area contributed by atoms with Gasteiger partial charge in [-0.15, -0.1) is 11.3 Å². The van der Waals surface area contributed by atoms with Gasteiger partial charge in [0.05, 0.1) is 22.4 Å². The number of carbonyl (C=O) groups excluding carboxylic acids is 1. The van der Waals surface area contributed by atoms with E-state index in [0.717, 1.165) is 28.5 Å². The van der Waals surface area contributed by atoms with Gasteiger partial charge in [0.1, 0.15) is 11.4 Å². The van der Waals surface area contributed by atoms with E-state index in [-0.39, 0.29) is 24.2 Å². The Morgan fingerprint density at radius 3 is 2.71 bits per heavy atom. The molecule has 2 heterocycles. The van der Waals surface area contributed by atoms with Gasteiger partial charge in [-0.3, -0.25) is 9.48 Å². The maximum absolute atomic E-state index is 12.8.